The predicted molar refractivity (Wildman–Crippen MR) is 88.5 cm³/mol. The number of unbranched alkanes of at least 4 members (excludes halogenated alkanes) is 3. The Labute approximate surface area is 125 Å². The average Bonchev–Trinajstić information content (AvgIpc) is 2.48. The van der Waals surface area contributed by atoms with Crippen molar-refractivity contribution in [2.24, 2.45) is 0 Å². The summed E-state index contributed by atoms with van der Waals surface area (Å²) in [5.74, 6) is 0. The Bertz CT molecular complexity index is 190. The zero-order chi connectivity index (χ0) is 14.0. The molecular weight excluding hydrogens is 339 g/mol. The molecule has 0 radical (unpaired) electrons. The summed E-state index contributed by atoms with van der Waals surface area (Å²) in [6.07, 6.45) is 12.7. The average molecular weight is 375 g/mol. The molecule has 0 saturated carbocycles. The molecule has 1 heterocycles. The summed E-state index contributed by atoms with van der Waals surface area (Å²) in [7, 11) is 0. The molecule has 0 aromatic rings. The molecule has 0 aromatic carbocycles. The van der Waals surface area contributed by atoms with Crippen LogP contribution in [0.5, 0.6) is 0 Å². The standard InChI is InChI=1S/C5H9O.3C4H9.Sn/c1-2-4-6-5-3-1;3*1-3-4-2;/h4H,1-3,5H2;3*1,3-4H2,2H3;. The summed E-state index contributed by atoms with van der Waals surface area (Å²) < 4.78 is 11.9. The summed E-state index contributed by atoms with van der Waals surface area (Å²) >= 11 is -2.04. The molecule has 1 aliphatic heterocycles. The van der Waals surface area contributed by atoms with E-state index in [0.717, 1.165) is 10.7 Å². The molecular formula is C17H36OSn. The van der Waals surface area contributed by atoms with Crippen LogP contribution in [0.2, 0.25) is 13.3 Å². The Morgan fingerprint density at radius 3 is 1.74 bits per heavy atom. The fourth-order valence-electron chi connectivity index (χ4n) is 3.67. The Balaban J connectivity index is 2.73. The van der Waals surface area contributed by atoms with Crippen molar-refractivity contribution >= 4 is 18.4 Å². The Kier molecular flexibility index (Phi) is 9.82. The first-order valence-electron chi connectivity index (χ1n) is 8.90. The van der Waals surface area contributed by atoms with Gasteiger partial charge >= 0.3 is 126 Å². The van der Waals surface area contributed by atoms with Gasteiger partial charge in [0.2, 0.25) is 0 Å². The van der Waals surface area contributed by atoms with Crippen molar-refractivity contribution in [1.82, 2.24) is 0 Å². The second-order valence-corrected chi connectivity index (χ2v) is 20.4. The van der Waals surface area contributed by atoms with Crippen LogP contribution in [0.15, 0.2) is 0 Å². The fraction of sp³-hybridized carbons (Fsp3) is 1.00. The third kappa shape index (κ3) is 5.95. The molecule has 0 amide bonds. The van der Waals surface area contributed by atoms with Crippen molar-refractivity contribution in [1.29, 1.82) is 0 Å². The molecule has 0 aromatic heterocycles. The van der Waals surface area contributed by atoms with Crippen molar-refractivity contribution in [3.63, 3.8) is 0 Å². The summed E-state index contributed by atoms with van der Waals surface area (Å²) in [6.45, 7) is 8.14. The first-order valence-corrected chi connectivity index (χ1v) is 16.6. The quantitative estimate of drug-likeness (QED) is 0.429. The zero-order valence-corrected chi connectivity index (χ0v) is 16.5. The monoisotopic (exact) mass is 376 g/mol. The van der Waals surface area contributed by atoms with E-state index in [0.29, 0.717) is 0 Å². The molecule has 0 bridgehead atoms. The van der Waals surface area contributed by atoms with Crippen molar-refractivity contribution in [2.45, 2.75) is 96.0 Å². The van der Waals surface area contributed by atoms with Gasteiger partial charge in [-0.05, 0) is 0 Å². The zero-order valence-electron chi connectivity index (χ0n) is 13.7. The van der Waals surface area contributed by atoms with Gasteiger partial charge in [-0.3, -0.25) is 0 Å². The number of hydrogen-bond acceptors (Lipinski definition) is 1. The molecule has 0 spiro atoms. The fourth-order valence-corrected chi connectivity index (χ4v) is 21.3. The molecule has 1 aliphatic rings. The molecule has 1 rings (SSSR count). The van der Waals surface area contributed by atoms with Crippen LogP contribution in [0.1, 0.15) is 78.6 Å². The van der Waals surface area contributed by atoms with Crippen LogP contribution in [0.3, 0.4) is 0 Å². The third-order valence-corrected chi connectivity index (χ3v) is 21.7. The summed E-state index contributed by atoms with van der Waals surface area (Å²) in [6, 6.07) is 0. The van der Waals surface area contributed by atoms with Crippen LogP contribution in [0, 0.1) is 0 Å². The molecule has 2 heteroatoms. The summed E-state index contributed by atoms with van der Waals surface area (Å²) in [5.41, 5.74) is 0. The molecule has 114 valence electrons. The first-order chi connectivity index (χ1) is 9.29. The van der Waals surface area contributed by atoms with Gasteiger partial charge in [0.1, 0.15) is 0 Å². The Hall–Kier alpha value is 0.759. The van der Waals surface area contributed by atoms with Crippen LogP contribution in [-0.2, 0) is 4.74 Å². The minimum atomic E-state index is -2.04. The van der Waals surface area contributed by atoms with E-state index >= 15 is 0 Å². The molecule has 1 saturated heterocycles. The van der Waals surface area contributed by atoms with Crippen LogP contribution >= 0.6 is 0 Å². The van der Waals surface area contributed by atoms with Crippen LogP contribution in [0.4, 0.5) is 0 Å². The molecule has 1 nitrogen and oxygen atoms in total. The number of hydrogen-bond donors (Lipinski definition) is 0. The van der Waals surface area contributed by atoms with Gasteiger partial charge in [-0.2, -0.15) is 0 Å². The van der Waals surface area contributed by atoms with Gasteiger partial charge in [-0.1, -0.05) is 0 Å². The molecule has 0 aliphatic carbocycles. The van der Waals surface area contributed by atoms with Gasteiger partial charge in [-0.25, -0.2) is 0 Å². The van der Waals surface area contributed by atoms with E-state index in [-0.39, 0.29) is 0 Å². The van der Waals surface area contributed by atoms with Gasteiger partial charge in [0.05, 0.1) is 0 Å². The van der Waals surface area contributed by atoms with E-state index < -0.39 is 18.4 Å². The Morgan fingerprint density at radius 1 is 0.842 bits per heavy atom. The second kappa shape index (κ2) is 10.5. The predicted octanol–water partition coefficient (Wildman–Crippen LogP) is 5.94. The van der Waals surface area contributed by atoms with Gasteiger partial charge in [-0.15, -0.1) is 0 Å². The van der Waals surface area contributed by atoms with Crippen molar-refractivity contribution in [3.05, 3.63) is 0 Å². The summed E-state index contributed by atoms with van der Waals surface area (Å²) in [4.78, 5) is 0. The second-order valence-electron chi connectivity index (χ2n) is 6.53. The topological polar surface area (TPSA) is 9.23 Å². The van der Waals surface area contributed by atoms with Crippen LogP contribution in [-0.4, -0.2) is 29.1 Å². The van der Waals surface area contributed by atoms with E-state index in [1.54, 1.807) is 13.3 Å². The number of rotatable bonds is 10. The van der Waals surface area contributed by atoms with Gasteiger partial charge < -0.3 is 0 Å². The van der Waals surface area contributed by atoms with Crippen molar-refractivity contribution in [3.8, 4) is 0 Å². The normalized spacial score (nSPS) is 20.7. The van der Waals surface area contributed by atoms with E-state index in [4.69, 9.17) is 4.74 Å². The first kappa shape index (κ1) is 17.8. The molecule has 1 atom stereocenters. The maximum absolute atomic E-state index is 6.33. The third-order valence-electron chi connectivity index (χ3n) is 4.95. The molecule has 1 fully saturated rings. The van der Waals surface area contributed by atoms with E-state index in [1.165, 1.54) is 57.8 Å². The van der Waals surface area contributed by atoms with Gasteiger partial charge in [0.15, 0.2) is 0 Å². The van der Waals surface area contributed by atoms with Crippen LogP contribution in [0.25, 0.3) is 0 Å². The van der Waals surface area contributed by atoms with Crippen LogP contribution < -0.4 is 0 Å². The summed E-state index contributed by atoms with van der Waals surface area (Å²) in [5, 5.41) is 0. The van der Waals surface area contributed by atoms with Crippen molar-refractivity contribution < 1.29 is 4.74 Å². The molecule has 19 heavy (non-hydrogen) atoms. The number of ether oxygens (including phenoxy) is 1. The van der Waals surface area contributed by atoms with E-state index in [9.17, 15) is 0 Å². The van der Waals surface area contributed by atoms with Crippen molar-refractivity contribution in [2.75, 3.05) is 6.61 Å². The molecule has 1 unspecified atom stereocenters. The van der Waals surface area contributed by atoms with E-state index in [1.807, 2.05) is 0 Å². The SMILES string of the molecule is CCC[CH2][Sn]([CH2]CCC)([CH2]CCC)[CH]1CCCCO1. The van der Waals surface area contributed by atoms with E-state index in [2.05, 4.69) is 20.8 Å². The Morgan fingerprint density at radius 2 is 1.37 bits per heavy atom. The van der Waals surface area contributed by atoms with Gasteiger partial charge in [0, 0.05) is 0 Å². The molecule has 0 N–H and O–H groups in total. The minimum absolute atomic E-state index is 0.771. The van der Waals surface area contributed by atoms with Gasteiger partial charge in [0.25, 0.3) is 0 Å². The maximum atomic E-state index is 6.33.